The molecule has 100 valence electrons. The number of rotatable bonds is 6. The number of methoxy groups -OCH3 is 1. The Balaban J connectivity index is 2.82. The summed E-state index contributed by atoms with van der Waals surface area (Å²) < 4.78 is 5.14. The Labute approximate surface area is 112 Å². The van der Waals surface area contributed by atoms with Crippen LogP contribution in [0.15, 0.2) is 18.2 Å². The first-order valence-electron chi connectivity index (χ1n) is 5.80. The third-order valence-electron chi connectivity index (χ3n) is 3.17. The summed E-state index contributed by atoms with van der Waals surface area (Å²) in [4.78, 5) is 11.4. The number of amides is 1. The van der Waals surface area contributed by atoms with E-state index < -0.39 is 5.54 Å². The number of halogens is 1. The van der Waals surface area contributed by atoms with Crippen molar-refractivity contribution in [2.24, 2.45) is 5.73 Å². The van der Waals surface area contributed by atoms with Gasteiger partial charge in [-0.1, -0.05) is 18.5 Å². The van der Waals surface area contributed by atoms with Crippen molar-refractivity contribution in [2.75, 3.05) is 7.11 Å². The van der Waals surface area contributed by atoms with Gasteiger partial charge in [-0.3, -0.25) is 10.1 Å². The quantitative estimate of drug-likeness (QED) is 0.832. The molecular weight excluding hydrogens is 252 g/mol. The molecule has 0 spiro atoms. The number of hydrogen-bond donors (Lipinski definition) is 2. The van der Waals surface area contributed by atoms with Crippen LogP contribution in [0.4, 0.5) is 0 Å². The largest absolute Gasteiger partial charge is 0.497 e. The zero-order valence-corrected chi connectivity index (χ0v) is 11.7. The summed E-state index contributed by atoms with van der Waals surface area (Å²) in [5.74, 6) is 0.359. The minimum atomic E-state index is -0.730. The smallest absolute Gasteiger partial charge is 0.237 e. The minimum Gasteiger partial charge on any atom is -0.497 e. The van der Waals surface area contributed by atoms with Crippen LogP contribution in [0, 0.1) is 0 Å². The molecule has 4 nitrogen and oxygen atoms in total. The molecule has 18 heavy (non-hydrogen) atoms. The Morgan fingerprint density at radius 1 is 1.56 bits per heavy atom. The van der Waals surface area contributed by atoms with Crippen molar-refractivity contribution in [1.29, 1.82) is 0 Å². The highest BCUT2D eigenvalue weighted by Crippen LogP contribution is 2.22. The second-order valence-corrected chi connectivity index (χ2v) is 4.77. The van der Waals surface area contributed by atoms with Gasteiger partial charge in [-0.25, -0.2) is 0 Å². The van der Waals surface area contributed by atoms with Gasteiger partial charge in [0.2, 0.25) is 5.91 Å². The predicted octanol–water partition coefficient (Wildman–Crippen LogP) is 2.09. The lowest BCUT2D eigenvalue weighted by atomic mass is 9.97. The predicted molar refractivity (Wildman–Crippen MR) is 72.7 cm³/mol. The zero-order chi connectivity index (χ0) is 13.8. The topological polar surface area (TPSA) is 64.3 Å². The van der Waals surface area contributed by atoms with Gasteiger partial charge in [-0.05, 0) is 37.1 Å². The number of ether oxygens (including phenoxy) is 1. The van der Waals surface area contributed by atoms with Gasteiger partial charge in [-0.15, -0.1) is 0 Å². The van der Waals surface area contributed by atoms with Crippen LogP contribution in [-0.2, 0) is 11.3 Å². The van der Waals surface area contributed by atoms with E-state index in [2.05, 4.69) is 5.32 Å². The number of benzene rings is 1. The van der Waals surface area contributed by atoms with E-state index in [-0.39, 0.29) is 5.91 Å². The molecule has 0 aliphatic rings. The molecule has 0 fully saturated rings. The number of nitrogens with one attached hydrogen (secondary N) is 1. The molecule has 0 saturated carbocycles. The molecule has 0 aliphatic heterocycles. The van der Waals surface area contributed by atoms with Gasteiger partial charge in [0, 0.05) is 11.6 Å². The van der Waals surface area contributed by atoms with E-state index in [9.17, 15) is 4.79 Å². The number of hydrogen-bond acceptors (Lipinski definition) is 3. The first kappa shape index (κ1) is 14.8. The number of nitrogens with two attached hydrogens (primary N) is 1. The molecule has 0 radical (unpaired) electrons. The number of primary amides is 1. The van der Waals surface area contributed by atoms with Crippen LogP contribution < -0.4 is 15.8 Å². The van der Waals surface area contributed by atoms with E-state index in [4.69, 9.17) is 22.1 Å². The molecule has 5 heteroatoms. The molecule has 0 unspecified atom stereocenters. The summed E-state index contributed by atoms with van der Waals surface area (Å²) in [5, 5.41) is 3.77. The highest BCUT2D eigenvalue weighted by atomic mass is 35.5. The fraction of sp³-hybridized carbons (Fsp3) is 0.462. The summed E-state index contributed by atoms with van der Waals surface area (Å²) in [7, 11) is 1.60. The lowest BCUT2D eigenvalue weighted by Crippen LogP contribution is -2.52. The van der Waals surface area contributed by atoms with E-state index in [0.717, 1.165) is 11.3 Å². The molecule has 0 saturated heterocycles. The lowest BCUT2D eigenvalue weighted by molar-refractivity contribution is -0.124. The molecular formula is C13H19ClN2O2. The second kappa shape index (κ2) is 6.07. The third-order valence-corrected chi connectivity index (χ3v) is 3.54. The van der Waals surface area contributed by atoms with Crippen molar-refractivity contribution in [1.82, 2.24) is 5.32 Å². The first-order chi connectivity index (χ1) is 8.42. The van der Waals surface area contributed by atoms with Crippen molar-refractivity contribution in [2.45, 2.75) is 32.4 Å². The van der Waals surface area contributed by atoms with Gasteiger partial charge in [-0.2, -0.15) is 0 Å². The Morgan fingerprint density at radius 2 is 2.22 bits per heavy atom. The van der Waals surface area contributed by atoms with Gasteiger partial charge in [0.15, 0.2) is 0 Å². The van der Waals surface area contributed by atoms with E-state index in [1.54, 1.807) is 26.2 Å². The summed E-state index contributed by atoms with van der Waals surface area (Å²) in [5.41, 5.74) is 5.52. The van der Waals surface area contributed by atoms with Crippen molar-refractivity contribution >= 4 is 17.5 Å². The molecule has 0 aliphatic carbocycles. The maximum Gasteiger partial charge on any atom is 0.237 e. The standard InChI is InChI=1S/C13H19ClN2O2/c1-4-13(2,12(15)17)16-8-9-7-10(18-3)5-6-11(9)14/h5-7,16H,4,8H2,1-3H3,(H2,15,17)/t13-/m1/s1. The van der Waals surface area contributed by atoms with E-state index in [1.807, 2.05) is 13.0 Å². The second-order valence-electron chi connectivity index (χ2n) is 4.36. The Bertz CT molecular complexity index is 437. The van der Waals surface area contributed by atoms with Crippen molar-refractivity contribution < 1.29 is 9.53 Å². The first-order valence-corrected chi connectivity index (χ1v) is 6.18. The third kappa shape index (κ3) is 3.37. The summed E-state index contributed by atoms with van der Waals surface area (Å²) in [6, 6.07) is 5.40. The Kier molecular flexibility index (Phi) is 4.99. The maximum atomic E-state index is 11.4. The van der Waals surface area contributed by atoms with Gasteiger partial charge in [0.1, 0.15) is 5.75 Å². The lowest BCUT2D eigenvalue weighted by Gasteiger charge is -2.26. The van der Waals surface area contributed by atoms with Crippen LogP contribution in [0.1, 0.15) is 25.8 Å². The van der Waals surface area contributed by atoms with Gasteiger partial charge < -0.3 is 10.5 Å². The molecule has 1 aromatic rings. The number of carbonyl (C=O) groups is 1. The molecule has 0 aromatic heterocycles. The van der Waals surface area contributed by atoms with Gasteiger partial charge in [0.05, 0.1) is 12.6 Å². The van der Waals surface area contributed by atoms with E-state index in [0.29, 0.717) is 18.0 Å². The van der Waals surface area contributed by atoms with Gasteiger partial charge in [0.25, 0.3) is 0 Å². The molecule has 1 atom stereocenters. The van der Waals surface area contributed by atoms with Crippen molar-refractivity contribution in [3.05, 3.63) is 28.8 Å². The van der Waals surface area contributed by atoms with Crippen LogP contribution in [0.5, 0.6) is 5.75 Å². The summed E-state index contributed by atoms with van der Waals surface area (Å²) >= 11 is 6.09. The monoisotopic (exact) mass is 270 g/mol. The maximum absolute atomic E-state index is 11.4. The number of carbonyl (C=O) groups excluding carboxylic acids is 1. The average molecular weight is 271 g/mol. The van der Waals surface area contributed by atoms with Crippen LogP contribution in [0.3, 0.4) is 0 Å². The van der Waals surface area contributed by atoms with E-state index >= 15 is 0 Å². The molecule has 1 amide bonds. The summed E-state index contributed by atoms with van der Waals surface area (Å²) in [6.07, 6.45) is 0.615. The Hall–Kier alpha value is -1.26. The average Bonchev–Trinajstić information content (AvgIpc) is 2.37. The summed E-state index contributed by atoms with van der Waals surface area (Å²) in [6.45, 7) is 4.15. The van der Waals surface area contributed by atoms with Crippen LogP contribution >= 0.6 is 11.6 Å². The molecule has 0 heterocycles. The van der Waals surface area contributed by atoms with Crippen LogP contribution in [0.25, 0.3) is 0 Å². The van der Waals surface area contributed by atoms with Crippen LogP contribution in [0.2, 0.25) is 5.02 Å². The Morgan fingerprint density at radius 3 is 2.72 bits per heavy atom. The molecule has 1 aromatic carbocycles. The normalized spacial score (nSPS) is 14.0. The van der Waals surface area contributed by atoms with Gasteiger partial charge >= 0.3 is 0 Å². The fourth-order valence-corrected chi connectivity index (χ4v) is 1.67. The van der Waals surface area contributed by atoms with Crippen LogP contribution in [-0.4, -0.2) is 18.6 Å². The highest BCUT2D eigenvalue weighted by molar-refractivity contribution is 6.31. The highest BCUT2D eigenvalue weighted by Gasteiger charge is 2.28. The molecule has 1 rings (SSSR count). The minimum absolute atomic E-state index is 0.371. The fourth-order valence-electron chi connectivity index (χ4n) is 1.49. The SMILES string of the molecule is CC[C@@](C)(NCc1cc(OC)ccc1Cl)C(N)=O. The zero-order valence-electron chi connectivity index (χ0n) is 10.9. The van der Waals surface area contributed by atoms with Crippen molar-refractivity contribution in [3.8, 4) is 5.75 Å². The van der Waals surface area contributed by atoms with E-state index in [1.165, 1.54) is 0 Å². The molecule has 3 N–H and O–H groups in total. The molecule has 0 bridgehead atoms. The van der Waals surface area contributed by atoms with Crippen molar-refractivity contribution in [3.63, 3.8) is 0 Å².